The van der Waals surface area contributed by atoms with Crippen molar-refractivity contribution in [2.75, 3.05) is 0 Å². The third-order valence-corrected chi connectivity index (χ3v) is 2.15. The van der Waals surface area contributed by atoms with Crippen molar-refractivity contribution in [1.82, 2.24) is 5.32 Å². The van der Waals surface area contributed by atoms with Crippen molar-refractivity contribution in [1.29, 1.82) is 0 Å². The van der Waals surface area contributed by atoms with E-state index in [0.29, 0.717) is 0 Å². The third-order valence-electron chi connectivity index (χ3n) is 1.74. The fraction of sp³-hybridized carbons (Fsp3) is 0.667. The van der Waals surface area contributed by atoms with Crippen LogP contribution >= 0.6 is 11.6 Å². The maximum Gasteiger partial charge on any atom is 0.248 e. The highest BCUT2D eigenvalue weighted by Gasteiger charge is 2.08. The highest BCUT2D eigenvalue weighted by Crippen LogP contribution is 2.04. The maximum atomic E-state index is 11.3. The number of hydrogen-bond donors (Lipinski definition) is 1. The Bertz CT molecular complexity index is 195. The van der Waals surface area contributed by atoms with Crippen molar-refractivity contribution in [3.05, 3.63) is 11.1 Å². The maximum absolute atomic E-state index is 11.3. The van der Waals surface area contributed by atoms with Gasteiger partial charge in [0.2, 0.25) is 5.91 Å². The lowest BCUT2D eigenvalue weighted by Gasteiger charge is -2.10. The van der Waals surface area contributed by atoms with Gasteiger partial charge in [-0.05, 0) is 27.2 Å². The van der Waals surface area contributed by atoms with Gasteiger partial charge >= 0.3 is 0 Å². The first-order valence-electron chi connectivity index (χ1n) is 4.08. The first-order valence-corrected chi connectivity index (χ1v) is 4.51. The smallest absolute Gasteiger partial charge is 0.248 e. The Morgan fingerprint density at radius 1 is 1.42 bits per heavy atom. The Morgan fingerprint density at radius 3 is 2.25 bits per heavy atom. The van der Waals surface area contributed by atoms with E-state index >= 15 is 0 Å². The van der Waals surface area contributed by atoms with Gasteiger partial charge in [-0.15, -0.1) is 0 Å². The lowest BCUT2D eigenvalue weighted by molar-refractivity contribution is -0.117. The average molecular weight is 190 g/mol. The summed E-state index contributed by atoms with van der Waals surface area (Å²) in [6.07, 6.45) is 0.739. The number of hydrogen-bond acceptors (Lipinski definition) is 1. The molecule has 1 unspecified atom stereocenters. The zero-order valence-electron chi connectivity index (χ0n) is 8.07. The van der Waals surface area contributed by atoms with Crippen molar-refractivity contribution >= 4 is 17.5 Å². The Morgan fingerprint density at radius 2 is 1.92 bits per heavy atom. The summed E-state index contributed by atoms with van der Waals surface area (Å²) in [7, 11) is 0. The average Bonchev–Trinajstić information content (AvgIpc) is 2.02. The molecule has 3 heteroatoms. The molecular weight excluding hydrogens is 174 g/mol. The molecule has 0 aliphatic heterocycles. The Hall–Kier alpha value is -0.500. The molecule has 0 bridgehead atoms. The van der Waals surface area contributed by atoms with E-state index in [1.165, 1.54) is 0 Å². The van der Waals surface area contributed by atoms with E-state index in [9.17, 15) is 4.79 Å². The van der Waals surface area contributed by atoms with Gasteiger partial charge in [0.15, 0.2) is 0 Å². The highest BCUT2D eigenvalue weighted by molar-refractivity contribution is 6.21. The first kappa shape index (κ1) is 11.5. The number of carbonyl (C=O) groups excluding carboxylic acids is 1. The second kappa shape index (κ2) is 5.20. The molecule has 1 amide bonds. The molecule has 1 atom stereocenters. The minimum Gasteiger partial charge on any atom is -0.336 e. The van der Waals surface area contributed by atoms with Gasteiger partial charge in [0.1, 0.15) is 5.50 Å². The summed E-state index contributed by atoms with van der Waals surface area (Å²) >= 11 is 5.75. The van der Waals surface area contributed by atoms with Crippen LogP contribution in [-0.4, -0.2) is 11.4 Å². The van der Waals surface area contributed by atoms with Crippen LogP contribution in [0, 0.1) is 0 Å². The lowest BCUT2D eigenvalue weighted by atomic mass is 10.1. The van der Waals surface area contributed by atoms with Crippen molar-refractivity contribution in [3.63, 3.8) is 0 Å². The molecule has 0 spiro atoms. The van der Waals surface area contributed by atoms with Gasteiger partial charge in [-0.1, -0.05) is 24.1 Å². The molecule has 1 N–H and O–H groups in total. The number of alkyl halides is 1. The Balaban J connectivity index is 4.15. The SMILES string of the molecule is CCC(Cl)NC(=O)C(C)=C(C)C. The molecule has 0 rings (SSSR count). The molecule has 0 aromatic rings. The molecule has 0 aliphatic carbocycles. The standard InChI is InChI=1S/C9H16ClNO/c1-5-8(10)11-9(12)7(4)6(2)3/h8H,5H2,1-4H3,(H,11,12). The quantitative estimate of drug-likeness (QED) is 0.413. The zero-order chi connectivity index (χ0) is 9.72. The van der Waals surface area contributed by atoms with Crippen molar-refractivity contribution < 1.29 is 4.79 Å². The van der Waals surface area contributed by atoms with Crippen LogP contribution in [0.15, 0.2) is 11.1 Å². The van der Waals surface area contributed by atoms with Gasteiger partial charge in [0, 0.05) is 5.57 Å². The van der Waals surface area contributed by atoms with Gasteiger partial charge in [-0.2, -0.15) is 0 Å². The van der Waals surface area contributed by atoms with Crippen LogP contribution in [0.5, 0.6) is 0 Å². The minimum atomic E-state index is -0.258. The predicted octanol–water partition coefficient (Wildman–Crippen LogP) is 2.43. The lowest BCUT2D eigenvalue weighted by Crippen LogP contribution is -2.31. The number of allylic oxidation sites excluding steroid dienone is 1. The molecule has 0 aliphatic rings. The Labute approximate surface area is 79.0 Å². The highest BCUT2D eigenvalue weighted by atomic mass is 35.5. The number of halogens is 1. The van der Waals surface area contributed by atoms with Crippen LogP contribution in [0.3, 0.4) is 0 Å². The summed E-state index contributed by atoms with van der Waals surface area (Å²) in [5.74, 6) is -0.0724. The number of rotatable bonds is 3. The second-order valence-electron chi connectivity index (χ2n) is 2.97. The van der Waals surface area contributed by atoms with E-state index < -0.39 is 0 Å². The van der Waals surface area contributed by atoms with Gasteiger partial charge < -0.3 is 5.32 Å². The topological polar surface area (TPSA) is 29.1 Å². The number of amides is 1. The largest absolute Gasteiger partial charge is 0.336 e. The van der Waals surface area contributed by atoms with E-state index in [-0.39, 0.29) is 11.4 Å². The van der Waals surface area contributed by atoms with Crippen LogP contribution in [0.4, 0.5) is 0 Å². The molecule has 0 radical (unpaired) electrons. The summed E-state index contributed by atoms with van der Waals surface area (Å²) in [6.45, 7) is 7.54. The summed E-state index contributed by atoms with van der Waals surface area (Å²) in [5, 5.41) is 2.68. The monoisotopic (exact) mass is 189 g/mol. The van der Waals surface area contributed by atoms with E-state index in [1.54, 1.807) is 6.92 Å². The number of nitrogens with one attached hydrogen (secondary N) is 1. The van der Waals surface area contributed by atoms with E-state index in [4.69, 9.17) is 11.6 Å². The molecule has 70 valence electrons. The van der Waals surface area contributed by atoms with Gasteiger partial charge in [0.05, 0.1) is 0 Å². The van der Waals surface area contributed by atoms with Crippen molar-refractivity contribution in [2.24, 2.45) is 0 Å². The van der Waals surface area contributed by atoms with Crippen LogP contribution in [0.2, 0.25) is 0 Å². The zero-order valence-corrected chi connectivity index (χ0v) is 8.83. The van der Waals surface area contributed by atoms with Crippen molar-refractivity contribution in [2.45, 2.75) is 39.6 Å². The van der Waals surface area contributed by atoms with Gasteiger partial charge in [-0.3, -0.25) is 4.79 Å². The summed E-state index contributed by atoms with van der Waals surface area (Å²) in [6, 6.07) is 0. The van der Waals surface area contributed by atoms with Crippen LogP contribution < -0.4 is 5.32 Å². The predicted molar refractivity (Wildman–Crippen MR) is 52.1 cm³/mol. The van der Waals surface area contributed by atoms with Gasteiger partial charge in [-0.25, -0.2) is 0 Å². The Kier molecular flexibility index (Phi) is 4.98. The second-order valence-corrected chi connectivity index (χ2v) is 3.50. The fourth-order valence-corrected chi connectivity index (χ4v) is 0.679. The third kappa shape index (κ3) is 3.77. The van der Waals surface area contributed by atoms with E-state index in [0.717, 1.165) is 17.6 Å². The molecular formula is C9H16ClNO. The van der Waals surface area contributed by atoms with E-state index in [1.807, 2.05) is 20.8 Å². The molecule has 2 nitrogen and oxygen atoms in total. The molecule has 12 heavy (non-hydrogen) atoms. The van der Waals surface area contributed by atoms with E-state index in [2.05, 4.69) is 5.32 Å². The van der Waals surface area contributed by atoms with Crippen LogP contribution in [0.25, 0.3) is 0 Å². The molecule has 0 saturated carbocycles. The van der Waals surface area contributed by atoms with Crippen LogP contribution in [-0.2, 0) is 4.79 Å². The van der Waals surface area contributed by atoms with Crippen molar-refractivity contribution in [3.8, 4) is 0 Å². The first-order chi connectivity index (χ1) is 5.49. The summed E-state index contributed by atoms with van der Waals surface area (Å²) < 4.78 is 0. The summed E-state index contributed by atoms with van der Waals surface area (Å²) in [4.78, 5) is 11.3. The fourth-order valence-electron chi connectivity index (χ4n) is 0.580. The van der Waals surface area contributed by atoms with Gasteiger partial charge in [0.25, 0.3) is 0 Å². The molecule has 0 aromatic carbocycles. The molecule has 0 aromatic heterocycles. The number of carbonyl (C=O) groups is 1. The summed E-state index contributed by atoms with van der Waals surface area (Å²) in [5.41, 5.74) is 1.51. The molecule has 0 heterocycles. The van der Waals surface area contributed by atoms with Crippen LogP contribution in [0.1, 0.15) is 34.1 Å². The normalized spacial score (nSPS) is 12.1. The molecule has 0 fully saturated rings. The molecule has 0 saturated heterocycles. The minimum absolute atomic E-state index is 0.0724.